The maximum atomic E-state index is 11.3. The molecule has 17 heavy (non-hydrogen) atoms. The Kier molecular flexibility index (Phi) is 4.06. The van der Waals surface area contributed by atoms with Gasteiger partial charge in [0.15, 0.2) is 4.32 Å². The second kappa shape index (κ2) is 5.75. The van der Waals surface area contributed by atoms with E-state index in [0.717, 1.165) is 5.56 Å². The van der Waals surface area contributed by atoms with E-state index in [1.54, 1.807) is 12.3 Å². The van der Waals surface area contributed by atoms with Gasteiger partial charge in [-0.2, -0.15) is 10.1 Å². The highest BCUT2D eigenvalue weighted by molar-refractivity contribution is 8.23. The van der Waals surface area contributed by atoms with Gasteiger partial charge in [-0.05, 0) is 11.6 Å². The van der Waals surface area contributed by atoms with Gasteiger partial charge >= 0.3 is 0 Å². The summed E-state index contributed by atoms with van der Waals surface area (Å²) in [7, 11) is 0. The second-order valence-electron chi connectivity index (χ2n) is 3.29. The van der Waals surface area contributed by atoms with Crippen molar-refractivity contribution in [3.63, 3.8) is 0 Å². The van der Waals surface area contributed by atoms with Crippen molar-refractivity contribution in [2.75, 3.05) is 5.75 Å². The first-order valence-electron chi connectivity index (χ1n) is 5.03. The molecule has 1 aromatic carbocycles. The summed E-state index contributed by atoms with van der Waals surface area (Å²) in [6, 6.07) is 9.88. The van der Waals surface area contributed by atoms with E-state index in [-0.39, 0.29) is 5.91 Å². The minimum Gasteiger partial charge on any atom is -0.272 e. The number of hydrazone groups is 1. The minimum absolute atomic E-state index is 0.0654. The fraction of sp³-hybridized carbons (Fsp3) is 0.0833. The molecular formula is C12H10N2OS2. The molecule has 3 nitrogen and oxygen atoms in total. The molecule has 1 heterocycles. The third-order valence-corrected chi connectivity index (χ3v) is 3.42. The Morgan fingerprint density at radius 1 is 1.35 bits per heavy atom. The molecule has 0 radical (unpaired) electrons. The maximum Gasteiger partial charge on any atom is 0.259 e. The van der Waals surface area contributed by atoms with Crippen molar-refractivity contribution in [2.45, 2.75) is 0 Å². The number of carbonyl (C=O) groups is 1. The van der Waals surface area contributed by atoms with Crippen LogP contribution in [0.1, 0.15) is 5.56 Å². The zero-order chi connectivity index (χ0) is 12.1. The van der Waals surface area contributed by atoms with E-state index in [4.69, 9.17) is 12.2 Å². The standard InChI is InChI=1S/C12H10N2OS2/c15-11-9-17-12(16)14(11)13-8-4-7-10-5-2-1-3-6-10/h1-8H,9H2/b7-4+,13-8-. The van der Waals surface area contributed by atoms with Crippen LogP contribution >= 0.6 is 24.0 Å². The fourth-order valence-corrected chi connectivity index (χ4v) is 2.25. The van der Waals surface area contributed by atoms with Crippen molar-refractivity contribution < 1.29 is 4.79 Å². The van der Waals surface area contributed by atoms with Crippen molar-refractivity contribution in [2.24, 2.45) is 5.10 Å². The molecule has 1 aliphatic rings. The average Bonchev–Trinajstić information content (AvgIpc) is 2.67. The lowest BCUT2D eigenvalue weighted by Crippen LogP contribution is -2.22. The lowest BCUT2D eigenvalue weighted by molar-refractivity contribution is -0.123. The lowest BCUT2D eigenvalue weighted by atomic mass is 10.2. The molecule has 0 bridgehead atoms. The molecule has 1 fully saturated rings. The predicted octanol–water partition coefficient (Wildman–Crippen LogP) is 2.55. The van der Waals surface area contributed by atoms with Crippen molar-refractivity contribution in [3.05, 3.63) is 42.0 Å². The third kappa shape index (κ3) is 3.25. The van der Waals surface area contributed by atoms with E-state index in [2.05, 4.69) is 5.10 Å². The maximum absolute atomic E-state index is 11.3. The van der Waals surface area contributed by atoms with Crippen LogP contribution in [0.25, 0.3) is 6.08 Å². The van der Waals surface area contributed by atoms with E-state index in [9.17, 15) is 4.79 Å². The molecule has 0 saturated carbocycles. The summed E-state index contributed by atoms with van der Waals surface area (Å²) in [4.78, 5) is 11.3. The Hall–Kier alpha value is -1.46. The van der Waals surface area contributed by atoms with Crippen molar-refractivity contribution in [1.82, 2.24) is 5.01 Å². The molecule has 0 aliphatic carbocycles. The summed E-state index contributed by atoms with van der Waals surface area (Å²) in [5.74, 6) is 0.322. The number of benzene rings is 1. The van der Waals surface area contributed by atoms with Gasteiger partial charge in [-0.3, -0.25) is 4.79 Å². The number of hydrogen-bond donors (Lipinski definition) is 0. The number of allylic oxidation sites excluding steroid dienone is 1. The van der Waals surface area contributed by atoms with E-state index < -0.39 is 0 Å². The molecule has 1 amide bonds. The number of nitrogens with zero attached hydrogens (tertiary/aromatic N) is 2. The Bertz CT molecular complexity index is 467. The van der Waals surface area contributed by atoms with Gasteiger partial charge in [0, 0.05) is 6.21 Å². The molecule has 0 atom stereocenters. The summed E-state index contributed by atoms with van der Waals surface area (Å²) in [6.45, 7) is 0. The number of amides is 1. The first-order valence-corrected chi connectivity index (χ1v) is 6.42. The van der Waals surface area contributed by atoms with Gasteiger partial charge in [-0.25, -0.2) is 0 Å². The average molecular weight is 262 g/mol. The highest BCUT2D eigenvalue weighted by atomic mass is 32.2. The lowest BCUT2D eigenvalue weighted by Gasteiger charge is -2.04. The molecule has 2 rings (SSSR count). The second-order valence-corrected chi connectivity index (χ2v) is 4.90. The van der Waals surface area contributed by atoms with Crippen LogP contribution in [-0.4, -0.2) is 27.2 Å². The summed E-state index contributed by atoms with van der Waals surface area (Å²) in [5.41, 5.74) is 1.09. The van der Waals surface area contributed by atoms with Crippen molar-refractivity contribution >= 4 is 46.5 Å². The van der Waals surface area contributed by atoms with E-state index in [1.165, 1.54) is 16.8 Å². The van der Waals surface area contributed by atoms with Crippen LogP contribution in [0.15, 0.2) is 41.5 Å². The highest BCUT2D eigenvalue weighted by Gasteiger charge is 2.25. The molecule has 86 valence electrons. The molecule has 0 N–H and O–H groups in total. The number of rotatable bonds is 3. The fourth-order valence-electron chi connectivity index (χ4n) is 1.28. The predicted molar refractivity (Wildman–Crippen MR) is 75.9 cm³/mol. The van der Waals surface area contributed by atoms with Crippen LogP contribution < -0.4 is 0 Å². The Morgan fingerprint density at radius 2 is 2.12 bits per heavy atom. The zero-order valence-electron chi connectivity index (χ0n) is 8.95. The smallest absolute Gasteiger partial charge is 0.259 e. The largest absolute Gasteiger partial charge is 0.272 e. The SMILES string of the molecule is O=C1CSC(=S)N1/N=C\C=C\c1ccccc1. The Labute approximate surface area is 109 Å². The first-order chi connectivity index (χ1) is 8.27. The van der Waals surface area contributed by atoms with E-state index >= 15 is 0 Å². The topological polar surface area (TPSA) is 32.7 Å². The van der Waals surface area contributed by atoms with Crippen LogP contribution in [0.5, 0.6) is 0 Å². The van der Waals surface area contributed by atoms with Crippen LogP contribution in [-0.2, 0) is 4.79 Å². The highest BCUT2D eigenvalue weighted by Crippen LogP contribution is 2.18. The van der Waals surface area contributed by atoms with Crippen LogP contribution in [0, 0.1) is 0 Å². The number of carbonyl (C=O) groups excluding carboxylic acids is 1. The molecular weight excluding hydrogens is 252 g/mol. The van der Waals surface area contributed by atoms with Crippen molar-refractivity contribution in [3.8, 4) is 0 Å². The third-order valence-electron chi connectivity index (χ3n) is 2.08. The summed E-state index contributed by atoms with van der Waals surface area (Å²) in [6.07, 6.45) is 5.28. The molecule has 0 spiro atoms. The Morgan fingerprint density at radius 3 is 2.76 bits per heavy atom. The first kappa shape index (κ1) is 12.0. The molecule has 0 aromatic heterocycles. The van der Waals surface area contributed by atoms with E-state index in [1.807, 2.05) is 36.4 Å². The molecule has 1 aromatic rings. The monoisotopic (exact) mass is 262 g/mol. The zero-order valence-corrected chi connectivity index (χ0v) is 10.6. The summed E-state index contributed by atoms with van der Waals surface area (Å²) in [5, 5.41) is 5.27. The number of thioether (sulfide) groups is 1. The summed E-state index contributed by atoms with van der Waals surface area (Å²) < 4.78 is 0.513. The molecule has 0 unspecified atom stereocenters. The quantitative estimate of drug-likeness (QED) is 0.620. The Balaban J connectivity index is 1.96. The van der Waals surface area contributed by atoms with Crippen LogP contribution in [0.2, 0.25) is 0 Å². The van der Waals surface area contributed by atoms with Gasteiger partial charge < -0.3 is 0 Å². The van der Waals surface area contributed by atoms with E-state index in [0.29, 0.717) is 10.1 Å². The molecule has 5 heteroatoms. The molecule has 1 aliphatic heterocycles. The van der Waals surface area contributed by atoms with Gasteiger partial charge in [0.1, 0.15) is 0 Å². The van der Waals surface area contributed by atoms with Crippen LogP contribution in [0.3, 0.4) is 0 Å². The molecule has 1 saturated heterocycles. The normalized spacial score (nSPS) is 16.6. The summed E-state index contributed by atoms with van der Waals surface area (Å²) >= 11 is 6.33. The minimum atomic E-state index is -0.0654. The van der Waals surface area contributed by atoms with Gasteiger partial charge in [0.2, 0.25) is 0 Å². The number of hydrogen-bond acceptors (Lipinski definition) is 4. The number of thiocarbonyl (C=S) groups is 1. The van der Waals surface area contributed by atoms with Gasteiger partial charge in [-0.15, -0.1) is 0 Å². The van der Waals surface area contributed by atoms with Gasteiger partial charge in [-0.1, -0.05) is 60.4 Å². The van der Waals surface area contributed by atoms with Crippen molar-refractivity contribution in [1.29, 1.82) is 0 Å². The van der Waals surface area contributed by atoms with Gasteiger partial charge in [0.25, 0.3) is 5.91 Å². The van der Waals surface area contributed by atoms with Gasteiger partial charge in [0.05, 0.1) is 5.75 Å². The van der Waals surface area contributed by atoms with Crippen LogP contribution in [0.4, 0.5) is 0 Å².